The molecule has 1 N–H and O–H groups in total. The zero-order valence-corrected chi connectivity index (χ0v) is 16.7. The van der Waals surface area contributed by atoms with Crippen molar-refractivity contribution in [2.45, 2.75) is 20.3 Å². The second kappa shape index (κ2) is 8.78. The average molecular weight is 381 g/mol. The van der Waals surface area contributed by atoms with Gasteiger partial charge in [-0.05, 0) is 61.4 Å². The molecule has 0 spiro atoms. The summed E-state index contributed by atoms with van der Waals surface area (Å²) >= 11 is 0. The van der Waals surface area contributed by atoms with Gasteiger partial charge in [0.1, 0.15) is 12.2 Å². The van der Waals surface area contributed by atoms with Crippen LogP contribution in [0.5, 0.6) is 5.75 Å². The third kappa shape index (κ3) is 5.03. The molecule has 0 saturated carbocycles. The van der Waals surface area contributed by atoms with Gasteiger partial charge in [0.2, 0.25) is 11.8 Å². The van der Waals surface area contributed by atoms with Crippen LogP contribution in [0.3, 0.4) is 0 Å². The zero-order valence-electron chi connectivity index (χ0n) is 16.7. The molecular formula is C22H27N3O3. The Morgan fingerprint density at radius 2 is 1.57 bits per heavy atom. The van der Waals surface area contributed by atoms with E-state index in [1.807, 2.05) is 56.3 Å². The Kier molecular flexibility index (Phi) is 6.19. The molecule has 148 valence electrons. The molecule has 3 rings (SSSR count). The smallest absolute Gasteiger partial charge is 0.233 e. The lowest BCUT2D eigenvalue weighted by atomic mass is 10.1. The minimum Gasteiger partial charge on any atom is -0.497 e. The predicted molar refractivity (Wildman–Crippen MR) is 111 cm³/mol. The zero-order chi connectivity index (χ0) is 20.1. The molecule has 0 radical (unpaired) electrons. The maximum Gasteiger partial charge on any atom is 0.233 e. The van der Waals surface area contributed by atoms with Crippen LogP contribution in [0.2, 0.25) is 0 Å². The number of hydrogen-bond acceptors (Lipinski definition) is 4. The number of carbonyl (C=O) groups is 2. The summed E-state index contributed by atoms with van der Waals surface area (Å²) in [4.78, 5) is 28.7. The van der Waals surface area contributed by atoms with Gasteiger partial charge >= 0.3 is 0 Å². The molecule has 1 aliphatic heterocycles. The van der Waals surface area contributed by atoms with Gasteiger partial charge in [0, 0.05) is 37.6 Å². The van der Waals surface area contributed by atoms with Crippen molar-refractivity contribution in [3.8, 4) is 5.75 Å². The Bertz CT molecular complexity index is 820. The van der Waals surface area contributed by atoms with Crippen LogP contribution in [0.1, 0.15) is 17.5 Å². The standard InChI is InChI=1S/C22H27N3O3/c1-16-12-17(2)14-18(13-16)23-21(26)15-22(27)25-10-8-24(9-11-25)19-4-6-20(28-3)7-5-19/h4-7,12-14H,8-11,15H2,1-3H3,(H,23,26). The van der Waals surface area contributed by atoms with Gasteiger partial charge < -0.3 is 19.9 Å². The van der Waals surface area contributed by atoms with Crippen molar-refractivity contribution >= 4 is 23.2 Å². The summed E-state index contributed by atoms with van der Waals surface area (Å²) in [6, 6.07) is 13.8. The van der Waals surface area contributed by atoms with Crippen LogP contribution in [0.25, 0.3) is 0 Å². The highest BCUT2D eigenvalue weighted by Crippen LogP contribution is 2.21. The summed E-state index contributed by atoms with van der Waals surface area (Å²) < 4.78 is 5.19. The largest absolute Gasteiger partial charge is 0.497 e. The number of rotatable bonds is 5. The SMILES string of the molecule is COc1ccc(N2CCN(C(=O)CC(=O)Nc3cc(C)cc(C)c3)CC2)cc1. The molecule has 1 aliphatic rings. The van der Waals surface area contributed by atoms with Crippen molar-refractivity contribution in [1.29, 1.82) is 0 Å². The molecule has 2 aromatic rings. The molecule has 1 saturated heterocycles. The summed E-state index contributed by atoms with van der Waals surface area (Å²) in [6.07, 6.45) is -0.129. The van der Waals surface area contributed by atoms with E-state index in [1.54, 1.807) is 12.0 Å². The van der Waals surface area contributed by atoms with Crippen LogP contribution >= 0.6 is 0 Å². The van der Waals surface area contributed by atoms with Gasteiger partial charge in [-0.25, -0.2) is 0 Å². The normalized spacial score (nSPS) is 14.0. The second-order valence-electron chi connectivity index (χ2n) is 7.17. The molecule has 6 heteroatoms. The number of benzene rings is 2. The summed E-state index contributed by atoms with van der Waals surface area (Å²) in [6.45, 7) is 6.68. The van der Waals surface area contributed by atoms with Crippen molar-refractivity contribution in [2.75, 3.05) is 43.5 Å². The fraction of sp³-hybridized carbons (Fsp3) is 0.364. The van der Waals surface area contributed by atoms with E-state index in [0.29, 0.717) is 13.1 Å². The number of nitrogens with zero attached hydrogens (tertiary/aromatic N) is 2. The first kappa shape index (κ1) is 19.7. The number of amides is 2. The van der Waals surface area contributed by atoms with Crippen molar-refractivity contribution in [2.24, 2.45) is 0 Å². The van der Waals surface area contributed by atoms with Gasteiger partial charge in [-0.2, -0.15) is 0 Å². The van der Waals surface area contributed by atoms with Crippen LogP contribution in [-0.2, 0) is 9.59 Å². The van der Waals surface area contributed by atoms with E-state index >= 15 is 0 Å². The number of hydrogen-bond donors (Lipinski definition) is 1. The van der Waals surface area contributed by atoms with Crippen molar-refractivity contribution < 1.29 is 14.3 Å². The molecule has 28 heavy (non-hydrogen) atoms. The fourth-order valence-corrected chi connectivity index (χ4v) is 3.51. The number of aryl methyl sites for hydroxylation is 2. The van der Waals surface area contributed by atoms with Crippen molar-refractivity contribution in [1.82, 2.24) is 4.90 Å². The van der Waals surface area contributed by atoms with E-state index < -0.39 is 0 Å². The Morgan fingerprint density at radius 1 is 0.964 bits per heavy atom. The summed E-state index contributed by atoms with van der Waals surface area (Å²) in [5.74, 6) is 0.427. The molecule has 1 fully saturated rings. The molecule has 2 amide bonds. The molecule has 0 aliphatic carbocycles. The van der Waals surface area contributed by atoms with Gasteiger partial charge in [-0.3, -0.25) is 9.59 Å². The number of carbonyl (C=O) groups excluding carboxylic acids is 2. The molecular weight excluding hydrogens is 354 g/mol. The van der Waals surface area contributed by atoms with Crippen molar-refractivity contribution in [3.63, 3.8) is 0 Å². The van der Waals surface area contributed by atoms with Gasteiger partial charge in [0.15, 0.2) is 0 Å². The van der Waals surface area contributed by atoms with E-state index in [-0.39, 0.29) is 18.2 Å². The molecule has 0 bridgehead atoms. The highest BCUT2D eigenvalue weighted by molar-refractivity contribution is 6.03. The number of nitrogens with one attached hydrogen (secondary N) is 1. The molecule has 6 nitrogen and oxygen atoms in total. The summed E-state index contributed by atoms with van der Waals surface area (Å²) in [5.41, 5.74) is 4.01. The Hall–Kier alpha value is -3.02. The minimum absolute atomic E-state index is 0.128. The predicted octanol–water partition coefficient (Wildman–Crippen LogP) is 2.99. The highest BCUT2D eigenvalue weighted by Gasteiger charge is 2.23. The minimum atomic E-state index is -0.271. The Labute approximate surface area is 166 Å². The Morgan fingerprint density at radius 3 is 2.14 bits per heavy atom. The molecule has 1 heterocycles. The fourth-order valence-electron chi connectivity index (χ4n) is 3.51. The lowest BCUT2D eigenvalue weighted by molar-refractivity contribution is -0.134. The Balaban J connectivity index is 1.49. The highest BCUT2D eigenvalue weighted by atomic mass is 16.5. The van der Waals surface area contributed by atoms with Crippen LogP contribution in [0.15, 0.2) is 42.5 Å². The van der Waals surface area contributed by atoms with Crippen molar-refractivity contribution in [3.05, 3.63) is 53.6 Å². The quantitative estimate of drug-likeness (QED) is 0.809. The number of ether oxygens (including phenoxy) is 1. The molecule has 0 aromatic heterocycles. The van der Waals surface area contributed by atoms with Crippen LogP contribution in [0, 0.1) is 13.8 Å². The number of piperazine rings is 1. The van der Waals surface area contributed by atoms with Gasteiger partial charge in [-0.15, -0.1) is 0 Å². The lowest BCUT2D eigenvalue weighted by Crippen LogP contribution is -2.49. The summed E-state index contributed by atoms with van der Waals surface area (Å²) in [7, 11) is 1.65. The molecule has 2 aromatic carbocycles. The first-order valence-electron chi connectivity index (χ1n) is 9.49. The molecule has 0 unspecified atom stereocenters. The van der Waals surface area contributed by atoms with Gasteiger partial charge in [0.05, 0.1) is 7.11 Å². The lowest BCUT2D eigenvalue weighted by Gasteiger charge is -2.36. The van der Waals surface area contributed by atoms with Crippen LogP contribution < -0.4 is 15.0 Å². The maximum absolute atomic E-state index is 12.5. The number of anilines is 2. The summed E-state index contributed by atoms with van der Waals surface area (Å²) in [5, 5.41) is 2.83. The third-order valence-corrected chi connectivity index (χ3v) is 4.89. The third-order valence-electron chi connectivity index (χ3n) is 4.89. The van der Waals surface area contributed by atoms with E-state index in [2.05, 4.69) is 10.2 Å². The second-order valence-corrected chi connectivity index (χ2v) is 7.17. The first-order chi connectivity index (χ1) is 13.4. The van der Waals surface area contributed by atoms with Gasteiger partial charge in [-0.1, -0.05) is 6.07 Å². The monoisotopic (exact) mass is 381 g/mol. The number of methoxy groups -OCH3 is 1. The maximum atomic E-state index is 12.5. The van der Waals surface area contributed by atoms with Gasteiger partial charge in [0.25, 0.3) is 0 Å². The average Bonchev–Trinajstić information content (AvgIpc) is 2.67. The molecule has 0 atom stereocenters. The van der Waals surface area contributed by atoms with E-state index in [1.165, 1.54) is 0 Å². The van der Waals surface area contributed by atoms with Crippen LogP contribution in [-0.4, -0.2) is 50.0 Å². The van der Waals surface area contributed by atoms with Crippen LogP contribution in [0.4, 0.5) is 11.4 Å². The van der Waals surface area contributed by atoms with E-state index in [4.69, 9.17) is 4.74 Å². The first-order valence-corrected chi connectivity index (χ1v) is 9.49. The topological polar surface area (TPSA) is 61.9 Å². The van der Waals surface area contributed by atoms with E-state index in [0.717, 1.165) is 41.3 Å². The van der Waals surface area contributed by atoms with E-state index in [9.17, 15) is 9.59 Å².